The molecule has 0 saturated heterocycles. The molecule has 0 bridgehead atoms. The summed E-state index contributed by atoms with van der Waals surface area (Å²) in [4.78, 5) is 10.2. The Morgan fingerprint density at radius 3 is 2.80 bits per heavy atom. The van der Waals surface area contributed by atoms with Gasteiger partial charge in [-0.05, 0) is 41.4 Å². The fourth-order valence-electron chi connectivity index (χ4n) is 1.83. The number of thioether (sulfide) groups is 1. The molecule has 1 heterocycles. The fraction of sp³-hybridized carbons (Fsp3) is 0.333. The van der Waals surface area contributed by atoms with Crippen molar-refractivity contribution in [2.75, 3.05) is 0 Å². The van der Waals surface area contributed by atoms with Gasteiger partial charge < -0.3 is 0 Å². The van der Waals surface area contributed by atoms with Crippen LogP contribution in [0.25, 0.3) is 0 Å². The lowest BCUT2D eigenvalue weighted by atomic mass is 10.2. The molecular formula is C15H16BrClN2S. The quantitative estimate of drug-likeness (QED) is 0.516. The van der Waals surface area contributed by atoms with Crippen molar-refractivity contribution in [3.8, 4) is 0 Å². The number of nitrogens with zero attached hydrogens (tertiary/aromatic N) is 2. The van der Waals surface area contributed by atoms with Gasteiger partial charge in [-0.15, -0.1) is 11.8 Å². The molecule has 0 N–H and O–H groups in total. The lowest BCUT2D eigenvalue weighted by Gasteiger charge is -2.07. The number of rotatable bonds is 5. The normalized spacial score (nSPS) is 10.8. The highest BCUT2D eigenvalue weighted by atomic mass is 79.9. The summed E-state index contributed by atoms with van der Waals surface area (Å²) >= 11 is 11.3. The van der Waals surface area contributed by atoms with Gasteiger partial charge in [0.05, 0.1) is 15.9 Å². The highest BCUT2D eigenvalue weighted by molar-refractivity contribution is 9.10. The number of aromatic nitrogens is 2. The van der Waals surface area contributed by atoms with Gasteiger partial charge in [0.1, 0.15) is 11.0 Å². The van der Waals surface area contributed by atoms with Crippen LogP contribution in [0.5, 0.6) is 0 Å². The van der Waals surface area contributed by atoms with Gasteiger partial charge in [0.2, 0.25) is 0 Å². The molecular weight excluding hydrogens is 356 g/mol. The molecule has 0 spiro atoms. The smallest absolute Gasteiger partial charge is 0.147 e. The Morgan fingerprint density at radius 1 is 1.30 bits per heavy atom. The molecule has 0 atom stereocenters. The molecule has 0 aliphatic heterocycles. The molecule has 2 rings (SSSR count). The Balaban J connectivity index is 2.13. The predicted molar refractivity (Wildman–Crippen MR) is 89.5 cm³/mol. The molecule has 0 aliphatic carbocycles. The van der Waals surface area contributed by atoms with Crippen LogP contribution >= 0.6 is 39.3 Å². The first-order valence-corrected chi connectivity index (χ1v) is 8.66. The second kappa shape index (κ2) is 7.43. The number of aryl methyl sites for hydroxylation is 2. The molecule has 5 heteroatoms. The topological polar surface area (TPSA) is 25.8 Å². The third-order valence-electron chi connectivity index (χ3n) is 2.77. The first-order valence-electron chi connectivity index (χ1n) is 6.50. The lowest BCUT2D eigenvalue weighted by molar-refractivity contribution is 0.845. The minimum absolute atomic E-state index is 0.503. The van der Waals surface area contributed by atoms with Crippen molar-refractivity contribution in [1.29, 1.82) is 0 Å². The zero-order valence-corrected chi connectivity index (χ0v) is 14.6. The van der Waals surface area contributed by atoms with Gasteiger partial charge in [-0.2, -0.15) is 0 Å². The first-order chi connectivity index (χ1) is 9.60. The molecule has 0 saturated carbocycles. The molecule has 1 aromatic heterocycles. The Morgan fingerprint density at radius 2 is 2.10 bits per heavy atom. The summed E-state index contributed by atoms with van der Waals surface area (Å²) in [5.41, 5.74) is 2.25. The van der Waals surface area contributed by atoms with Gasteiger partial charge in [0.25, 0.3) is 0 Å². The highest BCUT2D eigenvalue weighted by Crippen LogP contribution is 2.27. The summed E-state index contributed by atoms with van der Waals surface area (Å²) in [5.74, 6) is 1.51. The van der Waals surface area contributed by atoms with Crippen LogP contribution in [0.1, 0.15) is 30.4 Å². The van der Waals surface area contributed by atoms with Gasteiger partial charge in [-0.25, -0.2) is 9.97 Å². The van der Waals surface area contributed by atoms with Crippen molar-refractivity contribution in [1.82, 2.24) is 9.97 Å². The maximum atomic E-state index is 6.15. The largest absolute Gasteiger partial charge is 0.236 e. The van der Waals surface area contributed by atoms with Crippen LogP contribution in [-0.4, -0.2) is 9.97 Å². The molecule has 20 heavy (non-hydrogen) atoms. The lowest BCUT2D eigenvalue weighted by Crippen LogP contribution is -2.00. The summed E-state index contributed by atoms with van der Waals surface area (Å²) < 4.78 is 0.824. The second-order valence-corrected chi connectivity index (χ2v) is 6.75. The molecule has 2 aromatic rings. The zero-order chi connectivity index (χ0) is 14.5. The van der Waals surface area contributed by atoms with E-state index in [0.717, 1.165) is 34.6 Å². The highest BCUT2D eigenvalue weighted by Gasteiger charge is 2.10. The van der Waals surface area contributed by atoms with E-state index < -0.39 is 0 Å². The van der Waals surface area contributed by atoms with Crippen LogP contribution in [-0.2, 0) is 12.2 Å². The van der Waals surface area contributed by atoms with Crippen LogP contribution in [0.15, 0.2) is 33.6 Å². The van der Waals surface area contributed by atoms with Crippen LogP contribution < -0.4 is 0 Å². The maximum absolute atomic E-state index is 6.15. The Bertz CT molecular complexity index is 604. The third-order valence-corrected chi connectivity index (χ3v) is 5.09. The fourth-order valence-corrected chi connectivity index (χ4v) is 3.28. The first kappa shape index (κ1) is 15.8. The number of benzene rings is 1. The summed E-state index contributed by atoms with van der Waals surface area (Å²) in [6.07, 6.45) is 1.95. The maximum Gasteiger partial charge on any atom is 0.147 e. The average Bonchev–Trinajstić information content (AvgIpc) is 2.42. The van der Waals surface area contributed by atoms with E-state index in [1.807, 2.05) is 0 Å². The summed E-state index contributed by atoms with van der Waals surface area (Å²) in [6.45, 7) is 4.22. The van der Waals surface area contributed by atoms with Crippen LogP contribution in [0.4, 0.5) is 0 Å². The summed E-state index contributed by atoms with van der Waals surface area (Å²) in [5, 5.41) is 0.503. The van der Waals surface area contributed by atoms with Crippen molar-refractivity contribution in [2.45, 2.75) is 37.3 Å². The van der Waals surface area contributed by atoms with E-state index in [1.165, 1.54) is 10.5 Å². The minimum Gasteiger partial charge on any atom is -0.236 e. The van der Waals surface area contributed by atoms with Crippen molar-refractivity contribution in [2.24, 2.45) is 0 Å². The third kappa shape index (κ3) is 4.21. The minimum atomic E-state index is 0.503. The Hall–Kier alpha value is -0.580. The van der Waals surface area contributed by atoms with E-state index in [2.05, 4.69) is 64.0 Å². The van der Waals surface area contributed by atoms with Gasteiger partial charge in [0, 0.05) is 4.90 Å². The van der Waals surface area contributed by atoms with Crippen LogP contribution in [0.2, 0.25) is 5.15 Å². The summed E-state index contributed by atoms with van der Waals surface area (Å²) in [6, 6.07) is 8.43. The van der Waals surface area contributed by atoms with Crippen molar-refractivity contribution >= 4 is 39.3 Å². The van der Waals surface area contributed by atoms with Crippen molar-refractivity contribution in [3.05, 3.63) is 51.0 Å². The molecule has 0 aliphatic rings. The SMILES string of the molecule is CCCc1nc(CSc2cccc(C)c2)nc(Cl)c1Br. The molecule has 106 valence electrons. The van der Waals surface area contributed by atoms with E-state index in [4.69, 9.17) is 11.6 Å². The number of halogens is 2. The van der Waals surface area contributed by atoms with Crippen LogP contribution in [0.3, 0.4) is 0 Å². The standard InChI is InChI=1S/C15H16BrClN2S/c1-3-5-12-14(16)15(17)19-13(18-12)9-20-11-7-4-6-10(2)8-11/h4,6-8H,3,5,9H2,1-2H3. The molecule has 1 aromatic carbocycles. The van der Waals surface area contributed by atoms with Gasteiger partial charge >= 0.3 is 0 Å². The van der Waals surface area contributed by atoms with E-state index in [0.29, 0.717) is 5.15 Å². The van der Waals surface area contributed by atoms with E-state index in [1.54, 1.807) is 11.8 Å². The molecule has 2 nitrogen and oxygen atoms in total. The molecule has 0 radical (unpaired) electrons. The average molecular weight is 372 g/mol. The molecule has 0 unspecified atom stereocenters. The van der Waals surface area contributed by atoms with Gasteiger partial charge in [0.15, 0.2) is 0 Å². The van der Waals surface area contributed by atoms with Crippen molar-refractivity contribution in [3.63, 3.8) is 0 Å². The van der Waals surface area contributed by atoms with Crippen molar-refractivity contribution < 1.29 is 0 Å². The van der Waals surface area contributed by atoms with Gasteiger partial charge in [-0.1, -0.05) is 42.6 Å². The van der Waals surface area contributed by atoms with E-state index in [9.17, 15) is 0 Å². The Labute approximate surface area is 137 Å². The molecule has 0 fully saturated rings. The second-order valence-electron chi connectivity index (χ2n) is 4.55. The van der Waals surface area contributed by atoms with Gasteiger partial charge in [-0.3, -0.25) is 0 Å². The molecule has 0 amide bonds. The predicted octanol–water partition coefficient (Wildman–Crippen LogP) is 5.45. The van der Waals surface area contributed by atoms with E-state index >= 15 is 0 Å². The monoisotopic (exact) mass is 370 g/mol. The number of hydrogen-bond donors (Lipinski definition) is 0. The van der Waals surface area contributed by atoms with E-state index in [-0.39, 0.29) is 0 Å². The Kier molecular flexibility index (Phi) is 5.87. The van der Waals surface area contributed by atoms with Crippen LogP contribution in [0, 0.1) is 6.92 Å². The zero-order valence-electron chi connectivity index (χ0n) is 11.5. The summed E-state index contributed by atoms with van der Waals surface area (Å²) in [7, 11) is 0. The number of hydrogen-bond acceptors (Lipinski definition) is 3.